The summed E-state index contributed by atoms with van der Waals surface area (Å²) in [6, 6.07) is 7.88. The fourth-order valence-electron chi connectivity index (χ4n) is 5.34. The number of imide groups is 1. The van der Waals surface area contributed by atoms with E-state index in [0.717, 1.165) is 39.3 Å². The van der Waals surface area contributed by atoms with E-state index in [0.29, 0.717) is 17.9 Å². The van der Waals surface area contributed by atoms with Crippen LogP contribution in [0.15, 0.2) is 42.7 Å². The smallest absolute Gasteiger partial charge is 0.325 e. The first-order valence-corrected chi connectivity index (χ1v) is 13.2. The Kier molecular flexibility index (Phi) is 8.03. The van der Waals surface area contributed by atoms with E-state index in [9.17, 15) is 14.4 Å². The second-order valence-electron chi connectivity index (χ2n) is 10.5. The average Bonchev–Trinajstić information content (AvgIpc) is 3.29. The number of aryl methyl sites for hydroxylation is 4. The van der Waals surface area contributed by atoms with Crippen LogP contribution in [-0.4, -0.2) is 50.6 Å². The summed E-state index contributed by atoms with van der Waals surface area (Å²) in [7, 11) is 3.38. The van der Waals surface area contributed by atoms with Crippen LogP contribution >= 0.6 is 0 Å². The second-order valence-corrected chi connectivity index (χ2v) is 10.5. The minimum atomic E-state index is -0.973. The van der Waals surface area contributed by atoms with E-state index in [1.54, 1.807) is 37.2 Å². The Bertz CT molecular complexity index is 1360. The molecule has 39 heavy (non-hydrogen) atoms. The van der Waals surface area contributed by atoms with Crippen molar-refractivity contribution >= 4 is 29.4 Å². The van der Waals surface area contributed by atoms with Crippen molar-refractivity contribution in [3.8, 4) is 0 Å². The molecular weight excluding hydrogens is 494 g/mol. The van der Waals surface area contributed by atoms with Crippen LogP contribution in [0.4, 0.5) is 16.3 Å². The van der Waals surface area contributed by atoms with Crippen LogP contribution in [0.3, 0.4) is 0 Å². The molecular formula is C29H37N7O3. The molecule has 3 heterocycles. The molecule has 4 amide bonds. The van der Waals surface area contributed by atoms with Crippen LogP contribution in [0.1, 0.15) is 53.8 Å². The van der Waals surface area contributed by atoms with Crippen molar-refractivity contribution in [2.45, 2.75) is 59.0 Å². The third kappa shape index (κ3) is 5.94. The molecule has 0 saturated carbocycles. The number of aromatic nitrogens is 3. The van der Waals surface area contributed by atoms with Gasteiger partial charge in [0.15, 0.2) is 0 Å². The Balaban J connectivity index is 1.63. The van der Waals surface area contributed by atoms with Gasteiger partial charge in [0, 0.05) is 26.0 Å². The number of hydrogen-bond donors (Lipinski definition) is 2. The summed E-state index contributed by atoms with van der Waals surface area (Å²) in [5.74, 6) is -1.12. The van der Waals surface area contributed by atoms with E-state index in [2.05, 4.69) is 21.5 Å². The predicted octanol–water partition coefficient (Wildman–Crippen LogP) is 3.61. The number of hydrogen-bond acceptors (Lipinski definition) is 6. The summed E-state index contributed by atoms with van der Waals surface area (Å²) in [5.41, 5.74) is 11.2. The molecule has 3 atom stereocenters. The first-order valence-electron chi connectivity index (χ1n) is 13.2. The standard InChI is InChI=1S/C29H37N7O3/c1-7-8-24(21-10-17(2)9-18(3)11-21)33-29(39)36-26(28(38)35(6)22-15-31-34(5)16-22)23(27(36)37)13-20-12-19(4)32-25(30)14-20/h9-12,14-16,23-24,26H,7-8,13H2,1-6H3,(H2,30,32)(H,33,39)/t23-,24-,26+/m1/s1. The highest BCUT2D eigenvalue weighted by Crippen LogP contribution is 2.34. The lowest BCUT2D eigenvalue weighted by Crippen LogP contribution is -2.70. The zero-order valence-corrected chi connectivity index (χ0v) is 23.4. The number of amides is 4. The Morgan fingerprint density at radius 3 is 2.41 bits per heavy atom. The maximum atomic E-state index is 13.8. The van der Waals surface area contributed by atoms with Crippen LogP contribution in [-0.2, 0) is 23.1 Å². The van der Waals surface area contributed by atoms with Gasteiger partial charge in [-0.05, 0) is 56.9 Å². The SMILES string of the molecule is CCC[C@@H](NC(=O)N1C(=O)[C@H](Cc2cc(C)nc(N)c2)[C@H]1C(=O)N(C)c1cnn(C)c1)c1cc(C)cc(C)c1. The van der Waals surface area contributed by atoms with Crippen LogP contribution < -0.4 is 16.0 Å². The van der Waals surface area contributed by atoms with Gasteiger partial charge in [-0.3, -0.25) is 19.2 Å². The quantitative estimate of drug-likeness (QED) is 0.428. The third-order valence-electron chi connectivity index (χ3n) is 7.10. The van der Waals surface area contributed by atoms with Crippen molar-refractivity contribution in [2.24, 2.45) is 13.0 Å². The topological polar surface area (TPSA) is 126 Å². The molecule has 1 aliphatic rings. The number of anilines is 2. The number of nitrogens with two attached hydrogens (primary N) is 1. The largest absolute Gasteiger partial charge is 0.384 e. The molecule has 0 bridgehead atoms. The number of urea groups is 1. The van der Waals surface area contributed by atoms with Gasteiger partial charge in [0.25, 0.3) is 5.91 Å². The molecule has 206 valence electrons. The minimum Gasteiger partial charge on any atom is -0.384 e. The molecule has 0 aliphatic carbocycles. The summed E-state index contributed by atoms with van der Waals surface area (Å²) in [6.07, 6.45) is 5.08. The third-order valence-corrected chi connectivity index (χ3v) is 7.10. The highest BCUT2D eigenvalue weighted by molar-refractivity contribution is 6.12. The fraction of sp³-hybridized carbons (Fsp3) is 0.414. The number of nitrogen functional groups attached to an aromatic ring is 1. The monoisotopic (exact) mass is 531 g/mol. The average molecular weight is 532 g/mol. The summed E-state index contributed by atoms with van der Waals surface area (Å²) < 4.78 is 1.59. The van der Waals surface area contributed by atoms with E-state index >= 15 is 0 Å². The number of carbonyl (C=O) groups excluding carboxylic acids is 3. The van der Waals surface area contributed by atoms with E-state index < -0.39 is 23.9 Å². The summed E-state index contributed by atoms with van der Waals surface area (Å²) >= 11 is 0. The fourth-order valence-corrected chi connectivity index (χ4v) is 5.34. The minimum absolute atomic E-state index is 0.267. The lowest BCUT2D eigenvalue weighted by molar-refractivity contribution is -0.156. The molecule has 0 spiro atoms. The van der Waals surface area contributed by atoms with E-state index in [1.807, 2.05) is 45.9 Å². The number of nitrogens with one attached hydrogen (secondary N) is 1. The maximum Gasteiger partial charge on any atom is 0.325 e. The number of β-lactam (4-membered cyclic amide) rings is 1. The molecule has 1 aromatic carbocycles. The van der Waals surface area contributed by atoms with Gasteiger partial charge in [-0.1, -0.05) is 42.7 Å². The van der Waals surface area contributed by atoms with Gasteiger partial charge < -0.3 is 16.0 Å². The number of likely N-dealkylation sites (tertiary alicyclic amines) is 1. The molecule has 1 aliphatic heterocycles. The van der Waals surface area contributed by atoms with Crippen molar-refractivity contribution in [1.29, 1.82) is 0 Å². The second kappa shape index (κ2) is 11.3. The van der Waals surface area contributed by atoms with Crippen molar-refractivity contribution in [3.63, 3.8) is 0 Å². The number of pyridine rings is 1. The van der Waals surface area contributed by atoms with Gasteiger partial charge in [-0.2, -0.15) is 5.10 Å². The molecule has 10 nitrogen and oxygen atoms in total. The van der Waals surface area contributed by atoms with Gasteiger partial charge >= 0.3 is 6.03 Å². The summed E-state index contributed by atoms with van der Waals surface area (Å²) in [6.45, 7) is 7.90. The highest BCUT2D eigenvalue weighted by Gasteiger charge is 2.55. The predicted molar refractivity (Wildman–Crippen MR) is 150 cm³/mol. The molecule has 1 saturated heterocycles. The first-order chi connectivity index (χ1) is 18.5. The molecule has 1 fully saturated rings. The number of rotatable bonds is 8. The van der Waals surface area contributed by atoms with Crippen LogP contribution in [0.2, 0.25) is 0 Å². The normalized spacial score (nSPS) is 17.5. The molecule has 2 aromatic heterocycles. The Morgan fingerprint density at radius 1 is 1.13 bits per heavy atom. The van der Waals surface area contributed by atoms with E-state index in [4.69, 9.17) is 5.73 Å². The molecule has 3 aromatic rings. The Morgan fingerprint density at radius 2 is 1.82 bits per heavy atom. The number of benzene rings is 1. The lowest BCUT2D eigenvalue weighted by Gasteiger charge is -2.46. The van der Waals surface area contributed by atoms with Gasteiger partial charge in [-0.25, -0.2) is 9.78 Å². The Labute approximate surface area is 229 Å². The van der Waals surface area contributed by atoms with Gasteiger partial charge in [0.05, 0.1) is 23.8 Å². The van der Waals surface area contributed by atoms with Gasteiger partial charge in [0.1, 0.15) is 11.9 Å². The van der Waals surface area contributed by atoms with Gasteiger partial charge in [-0.15, -0.1) is 0 Å². The van der Waals surface area contributed by atoms with Crippen LogP contribution in [0.25, 0.3) is 0 Å². The molecule has 3 N–H and O–H groups in total. The zero-order chi connectivity index (χ0) is 28.4. The van der Waals surface area contributed by atoms with Gasteiger partial charge in [0.2, 0.25) is 5.91 Å². The number of carbonyl (C=O) groups is 3. The zero-order valence-electron chi connectivity index (χ0n) is 23.4. The van der Waals surface area contributed by atoms with Crippen molar-refractivity contribution in [3.05, 3.63) is 70.7 Å². The molecule has 0 radical (unpaired) electrons. The van der Waals surface area contributed by atoms with Crippen LogP contribution in [0, 0.1) is 26.7 Å². The van der Waals surface area contributed by atoms with Crippen molar-refractivity contribution in [2.75, 3.05) is 17.7 Å². The van der Waals surface area contributed by atoms with Crippen molar-refractivity contribution < 1.29 is 14.4 Å². The van der Waals surface area contributed by atoms with Crippen LogP contribution in [0.5, 0.6) is 0 Å². The molecule has 0 unspecified atom stereocenters. The summed E-state index contributed by atoms with van der Waals surface area (Å²) in [5, 5.41) is 7.19. The number of likely N-dealkylation sites (N-methyl/N-ethyl adjacent to an activating group) is 1. The van der Waals surface area contributed by atoms with E-state index in [-0.39, 0.29) is 18.4 Å². The number of nitrogens with zero attached hydrogens (tertiary/aromatic N) is 5. The Hall–Kier alpha value is -4.21. The highest BCUT2D eigenvalue weighted by atomic mass is 16.2. The van der Waals surface area contributed by atoms with E-state index in [1.165, 1.54) is 4.90 Å². The molecule has 4 rings (SSSR count). The maximum absolute atomic E-state index is 13.8. The first kappa shape index (κ1) is 27.8. The molecule has 10 heteroatoms. The van der Waals surface area contributed by atoms with Crippen molar-refractivity contribution in [1.82, 2.24) is 25.0 Å². The summed E-state index contributed by atoms with van der Waals surface area (Å²) in [4.78, 5) is 47.6. The lowest BCUT2D eigenvalue weighted by atomic mass is 9.81.